The monoisotopic (exact) mass is 448 g/mol. The van der Waals surface area contributed by atoms with Crippen LogP contribution in [0.1, 0.15) is 18.5 Å². The second-order valence-electron chi connectivity index (χ2n) is 7.45. The number of pyridine rings is 1. The van der Waals surface area contributed by atoms with Gasteiger partial charge in [-0.25, -0.2) is 0 Å². The fraction of sp³-hybridized carbons (Fsp3) is 0.160. The molecule has 3 aromatic carbocycles. The molecule has 1 unspecified atom stereocenters. The zero-order valence-corrected chi connectivity index (χ0v) is 18.1. The van der Waals surface area contributed by atoms with Crippen molar-refractivity contribution in [2.45, 2.75) is 19.5 Å². The molecule has 7 heteroatoms. The Bertz CT molecular complexity index is 1320. The van der Waals surface area contributed by atoms with Crippen molar-refractivity contribution in [3.8, 4) is 0 Å². The van der Waals surface area contributed by atoms with Crippen LogP contribution >= 0.6 is 11.6 Å². The molecule has 0 bridgehead atoms. The van der Waals surface area contributed by atoms with Gasteiger partial charge in [0.1, 0.15) is 6.54 Å². The van der Waals surface area contributed by atoms with Gasteiger partial charge in [0.2, 0.25) is 0 Å². The maximum atomic E-state index is 12.8. The number of carbonyl (C=O) groups excluding carboxylic acids is 2. The number of halogens is 1. The number of esters is 1. The molecule has 4 aromatic rings. The molecule has 0 saturated carbocycles. The zero-order valence-electron chi connectivity index (χ0n) is 17.4. The first kappa shape index (κ1) is 21.6. The molecule has 0 aliphatic heterocycles. The minimum absolute atomic E-state index is 0.0878. The van der Waals surface area contributed by atoms with Crippen LogP contribution in [0.3, 0.4) is 0 Å². The van der Waals surface area contributed by atoms with Gasteiger partial charge in [-0.1, -0.05) is 48.0 Å². The number of hydrogen-bond donors (Lipinski definition) is 1. The third kappa shape index (κ3) is 4.50. The van der Waals surface area contributed by atoms with E-state index in [1.54, 1.807) is 59.2 Å². The molecule has 1 atom stereocenters. The highest BCUT2D eigenvalue weighted by atomic mass is 35.5. The Morgan fingerprint density at radius 1 is 0.969 bits per heavy atom. The summed E-state index contributed by atoms with van der Waals surface area (Å²) in [5, 5.41) is 4.41. The topological polar surface area (TPSA) is 77.4 Å². The molecule has 1 amide bonds. The molecule has 32 heavy (non-hydrogen) atoms. The van der Waals surface area contributed by atoms with Crippen molar-refractivity contribution in [1.29, 1.82) is 0 Å². The van der Waals surface area contributed by atoms with Gasteiger partial charge >= 0.3 is 5.97 Å². The summed E-state index contributed by atoms with van der Waals surface area (Å²) in [6.45, 7) is 1.29. The van der Waals surface area contributed by atoms with Gasteiger partial charge in [0, 0.05) is 15.8 Å². The molecule has 162 valence electrons. The molecule has 1 heterocycles. The highest BCUT2D eigenvalue weighted by Crippen LogP contribution is 2.19. The van der Waals surface area contributed by atoms with Crippen molar-refractivity contribution in [3.63, 3.8) is 0 Å². The predicted octanol–water partition coefficient (Wildman–Crippen LogP) is 4.23. The minimum atomic E-state index is -0.575. The molecule has 4 rings (SSSR count). The van der Waals surface area contributed by atoms with E-state index in [4.69, 9.17) is 16.3 Å². The van der Waals surface area contributed by atoms with Crippen molar-refractivity contribution in [2.75, 3.05) is 6.61 Å². The molecular formula is C25H21ClN2O4. The van der Waals surface area contributed by atoms with Gasteiger partial charge in [-0.2, -0.15) is 0 Å². The number of rotatable bonds is 6. The van der Waals surface area contributed by atoms with Gasteiger partial charge < -0.3 is 14.6 Å². The van der Waals surface area contributed by atoms with Crippen LogP contribution < -0.4 is 10.7 Å². The highest BCUT2D eigenvalue weighted by molar-refractivity contribution is 6.30. The smallest absolute Gasteiger partial charge is 0.326 e. The molecule has 0 fully saturated rings. The van der Waals surface area contributed by atoms with Crippen LogP contribution in [0.4, 0.5) is 0 Å². The Hall–Kier alpha value is -3.64. The second-order valence-corrected chi connectivity index (χ2v) is 7.89. The Balaban J connectivity index is 1.48. The summed E-state index contributed by atoms with van der Waals surface area (Å²) in [6, 6.07) is 21.1. The maximum Gasteiger partial charge on any atom is 0.326 e. The summed E-state index contributed by atoms with van der Waals surface area (Å²) < 4.78 is 6.96. The van der Waals surface area contributed by atoms with E-state index in [-0.39, 0.29) is 18.0 Å². The Morgan fingerprint density at radius 3 is 2.22 bits per heavy atom. The van der Waals surface area contributed by atoms with Crippen molar-refractivity contribution < 1.29 is 14.3 Å². The summed E-state index contributed by atoms with van der Waals surface area (Å²) in [5.41, 5.74) is 2.03. The van der Waals surface area contributed by atoms with Crippen molar-refractivity contribution in [3.05, 3.63) is 93.6 Å². The van der Waals surface area contributed by atoms with Gasteiger partial charge in [0.05, 0.1) is 17.1 Å². The third-order valence-corrected chi connectivity index (χ3v) is 5.49. The van der Waals surface area contributed by atoms with E-state index < -0.39 is 18.5 Å². The normalized spacial score (nSPS) is 11.9. The molecule has 1 aromatic heterocycles. The minimum Gasteiger partial charge on any atom is -0.454 e. The summed E-state index contributed by atoms with van der Waals surface area (Å²) in [6.07, 6.45) is 0. The summed E-state index contributed by atoms with van der Waals surface area (Å²) >= 11 is 5.99. The number of fused-ring (bicyclic) bond motifs is 2. The standard InChI is InChI=1S/C25H21ClN2O4/c1-16(17-7-6-8-18(26)13-17)27-23(29)15-32-24(30)14-28-21-11-4-2-9-19(21)25(31)20-10-3-5-12-22(20)28/h2-13,16H,14-15H2,1H3,(H,27,29). The van der Waals surface area contributed by atoms with Crippen LogP contribution in [0.5, 0.6) is 0 Å². The number of amides is 1. The van der Waals surface area contributed by atoms with E-state index in [9.17, 15) is 14.4 Å². The van der Waals surface area contributed by atoms with Crippen molar-refractivity contribution >= 4 is 45.3 Å². The number of carbonyl (C=O) groups is 2. The van der Waals surface area contributed by atoms with E-state index in [1.165, 1.54) is 0 Å². The Kier molecular flexibility index (Phi) is 6.23. The largest absolute Gasteiger partial charge is 0.454 e. The Labute approximate surface area is 189 Å². The molecule has 6 nitrogen and oxygen atoms in total. The van der Waals surface area contributed by atoms with Crippen LogP contribution in [-0.4, -0.2) is 23.1 Å². The average Bonchev–Trinajstić information content (AvgIpc) is 2.80. The molecule has 0 radical (unpaired) electrons. The number of para-hydroxylation sites is 2. The summed E-state index contributed by atoms with van der Waals surface area (Å²) in [5.74, 6) is -0.991. The van der Waals surface area contributed by atoms with Gasteiger partial charge in [-0.15, -0.1) is 0 Å². The first-order chi connectivity index (χ1) is 15.4. The molecular weight excluding hydrogens is 428 g/mol. The first-order valence-corrected chi connectivity index (χ1v) is 10.5. The van der Waals surface area contributed by atoms with Gasteiger partial charge in [-0.05, 0) is 48.9 Å². The molecule has 1 N–H and O–H groups in total. The average molecular weight is 449 g/mol. The lowest BCUT2D eigenvalue weighted by Gasteiger charge is -2.16. The van der Waals surface area contributed by atoms with Gasteiger partial charge in [-0.3, -0.25) is 14.4 Å². The van der Waals surface area contributed by atoms with Gasteiger partial charge in [0.25, 0.3) is 5.91 Å². The van der Waals surface area contributed by atoms with E-state index in [2.05, 4.69) is 5.32 Å². The maximum absolute atomic E-state index is 12.8. The second kappa shape index (κ2) is 9.24. The first-order valence-electron chi connectivity index (χ1n) is 10.1. The van der Waals surface area contributed by atoms with E-state index in [0.717, 1.165) is 5.56 Å². The van der Waals surface area contributed by atoms with Crippen LogP contribution in [0.25, 0.3) is 21.8 Å². The molecule has 0 spiro atoms. The van der Waals surface area contributed by atoms with Crippen LogP contribution in [0.15, 0.2) is 77.6 Å². The SMILES string of the molecule is CC(NC(=O)COC(=O)Cn1c2ccccc2c(=O)c2ccccc21)c1cccc(Cl)c1. The Morgan fingerprint density at radius 2 is 1.59 bits per heavy atom. The quantitative estimate of drug-likeness (QED) is 0.354. The number of hydrogen-bond acceptors (Lipinski definition) is 4. The fourth-order valence-electron chi connectivity index (χ4n) is 3.71. The summed E-state index contributed by atoms with van der Waals surface area (Å²) in [4.78, 5) is 37.6. The third-order valence-electron chi connectivity index (χ3n) is 5.26. The number of aromatic nitrogens is 1. The van der Waals surface area contributed by atoms with E-state index in [1.807, 2.05) is 25.1 Å². The van der Waals surface area contributed by atoms with Crippen molar-refractivity contribution in [2.24, 2.45) is 0 Å². The molecule has 0 saturated heterocycles. The lowest BCUT2D eigenvalue weighted by atomic mass is 10.1. The van der Waals surface area contributed by atoms with Gasteiger partial charge in [0.15, 0.2) is 12.0 Å². The van der Waals surface area contributed by atoms with E-state index in [0.29, 0.717) is 26.8 Å². The van der Waals surface area contributed by atoms with Crippen LogP contribution in [-0.2, 0) is 20.9 Å². The number of nitrogens with zero attached hydrogens (tertiary/aromatic N) is 1. The number of ether oxygens (including phenoxy) is 1. The van der Waals surface area contributed by atoms with Crippen LogP contribution in [0, 0.1) is 0 Å². The highest BCUT2D eigenvalue weighted by Gasteiger charge is 2.16. The molecule has 0 aliphatic carbocycles. The van der Waals surface area contributed by atoms with Crippen LogP contribution in [0.2, 0.25) is 5.02 Å². The lowest BCUT2D eigenvalue weighted by Crippen LogP contribution is -2.31. The fourth-order valence-corrected chi connectivity index (χ4v) is 3.91. The predicted molar refractivity (Wildman–Crippen MR) is 125 cm³/mol. The summed E-state index contributed by atoms with van der Waals surface area (Å²) in [7, 11) is 0. The lowest BCUT2D eigenvalue weighted by molar-refractivity contribution is -0.149. The number of benzene rings is 3. The zero-order chi connectivity index (χ0) is 22.7. The van der Waals surface area contributed by atoms with E-state index >= 15 is 0 Å². The molecule has 0 aliphatic rings. The van der Waals surface area contributed by atoms with Crippen molar-refractivity contribution in [1.82, 2.24) is 9.88 Å². The number of nitrogens with one attached hydrogen (secondary N) is 1.